The first-order valence-electron chi connectivity index (χ1n) is 6.03. The molecule has 3 nitrogen and oxygen atoms in total. The maximum Gasteiger partial charge on any atom is 0.407 e. The van der Waals surface area contributed by atoms with E-state index in [-0.39, 0.29) is 11.7 Å². The van der Waals surface area contributed by atoms with Gasteiger partial charge in [0.1, 0.15) is 5.60 Å². The zero-order valence-electron chi connectivity index (χ0n) is 10.1. The Balaban J connectivity index is 2.28. The van der Waals surface area contributed by atoms with Crippen molar-refractivity contribution in [2.45, 2.75) is 70.9 Å². The van der Waals surface area contributed by atoms with E-state index in [9.17, 15) is 4.79 Å². The quantitative estimate of drug-likeness (QED) is 0.781. The fraction of sp³-hybridized carbons (Fsp3) is 0.917. The molecule has 0 aromatic heterocycles. The van der Waals surface area contributed by atoms with Gasteiger partial charge in [-0.15, -0.1) is 0 Å². The molecule has 0 atom stereocenters. The van der Waals surface area contributed by atoms with E-state index in [0.29, 0.717) is 6.04 Å². The molecule has 0 aromatic rings. The van der Waals surface area contributed by atoms with E-state index in [1.165, 1.54) is 19.3 Å². The van der Waals surface area contributed by atoms with E-state index in [1.807, 2.05) is 20.8 Å². The van der Waals surface area contributed by atoms with Crippen molar-refractivity contribution in [3.63, 3.8) is 0 Å². The molecule has 0 heterocycles. The average molecular weight is 213 g/mol. The second kappa shape index (κ2) is 5.38. The number of carbonyl (C=O) groups is 1. The zero-order chi connectivity index (χ0) is 11.3. The normalized spacial score (nSPS) is 18.6. The lowest BCUT2D eigenvalue weighted by molar-refractivity contribution is 0.0334. The van der Waals surface area contributed by atoms with Crippen LogP contribution in [0.2, 0.25) is 0 Å². The second-order valence-electron chi connectivity index (χ2n) is 4.98. The Morgan fingerprint density at radius 2 is 1.93 bits per heavy atom. The molecule has 1 aliphatic rings. The third-order valence-electron chi connectivity index (χ3n) is 3.15. The van der Waals surface area contributed by atoms with Gasteiger partial charge in [0, 0.05) is 6.04 Å². The summed E-state index contributed by atoms with van der Waals surface area (Å²) in [5, 5.41) is 2.95. The Bertz CT molecular complexity index is 208. The molecule has 0 spiro atoms. The number of alkyl carbamates (subject to hydrolysis) is 1. The average Bonchev–Trinajstić information content (AvgIpc) is 2.18. The van der Waals surface area contributed by atoms with Crippen LogP contribution in [0.4, 0.5) is 4.79 Å². The minimum Gasteiger partial charge on any atom is -0.444 e. The topological polar surface area (TPSA) is 38.3 Å². The maximum absolute atomic E-state index is 11.6. The Hall–Kier alpha value is -0.730. The predicted octanol–water partition coefficient (Wildman–Crippen LogP) is 3.23. The minimum absolute atomic E-state index is 0.256. The Labute approximate surface area is 92.6 Å². The molecule has 1 saturated carbocycles. The number of ether oxygens (including phenoxy) is 1. The van der Waals surface area contributed by atoms with Crippen LogP contribution in [0.25, 0.3) is 0 Å². The summed E-state index contributed by atoms with van der Waals surface area (Å²) in [7, 11) is 0. The first kappa shape index (κ1) is 12.3. The lowest BCUT2D eigenvalue weighted by Crippen LogP contribution is -2.40. The summed E-state index contributed by atoms with van der Waals surface area (Å²) in [5.74, 6) is 0. The SMILES string of the molecule is CCC(C)(C)OC(=O)NC1CCCCC1. The van der Waals surface area contributed by atoms with Crippen LogP contribution in [0.15, 0.2) is 0 Å². The van der Waals surface area contributed by atoms with Crippen molar-refractivity contribution in [1.29, 1.82) is 0 Å². The fourth-order valence-electron chi connectivity index (χ4n) is 1.77. The van der Waals surface area contributed by atoms with Crippen LogP contribution in [-0.4, -0.2) is 17.7 Å². The number of rotatable bonds is 3. The highest BCUT2D eigenvalue weighted by Crippen LogP contribution is 2.18. The molecule has 15 heavy (non-hydrogen) atoms. The number of hydrogen-bond acceptors (Lipinski definition) is 2. The van der Waals surface area contributed by atoms with Crippen LogP contribution >= 0.6 is 0 Å². The van der Waals surface area contributed by atoms with Gasteiger partial charge in [0.25, 0.3) is 0 Å². The first-order chi connectivity index (χ1) is 7.03. The molecular weight excluding hydrogens is 190 g/mol. The van der Waals surface area contributed by atoms with Crippen LogP contribution in [0.1, 0.15) is 59.3 Å². The molecule has 1 fully saturated rings. The predicted molar refractivity (Wildman–Crippen MR) is 60.9 cm³/mol. The van der Waals surface area contributed by atoms with Gasteiger partial charge in [-0.1, -0.05) is 26.2 Å². The van der Waals surface area contributed by atoms with Crippen molar-refractivity contribution >= 4 is 6.09 Å². The van der Waals surface area contributed by atoms with E-state index in [2.05, 4.69) is 5.32 Å². The lowest BCUT2D eigenvalue weighted by atomic mass is 9.96. The van der Waals surface area contributed by atoms with Crippen LogP contribution in [0.5, 0.6) is 0 Å². The molecule has 1 N–H and O–H groups in total. The number of hydrogen-bond donors (Lipinski definition) is 1. The monoisotopic (exact) mass is 213 g/mol. The molecule has 3 heteroatoms. The van der Waals surface area contributed by atoms with Gasteiger partial charge in [0.05, 0.1) is 0 Å². The summed E-state index contributed by atoms with van der Waals surface area (Å²) >= 11 is 0. The van der Waals surface area contributed by atoms with Gasteiger partial charge in [-0.2, -0.15) is 0 Å². The minimum atomic E-state index is -0.348. The molecular formula is C12H23NO2. The highest BCUT2D eigenvalue weighted by molar-refractivity contribution is 5.68. The summed E-state index contributed by atoms with van der Waals surface area (Å²) < 4.78 is 5.34. The highest BCUT2D eigenvalue weighted by atomic mass is 16.6. The molecule has 0 radical (unpaired) electrons. The van der Waals surface area contributed by atoms with Crippen molar-refractivity contribution < 1.29 is 9.53 Å². The van der Waals surface area contributed by atoms with Crippen LogP contribution < -0.4 is 5.32 Å². The molecule has 0 aliphatic heterocycles. The van der Waals surface area contributed by atoms with E-state index >= 15 is 0 Å². The van der Waals surface area contributed by atoms with Gasteiger partial charge in [-0.3, -0.25) is 0 Å². The summed E-state index contributed by atoms with van der Waals surface area (Å²) in [6, 6.07) is 0.332. The number of amides is 1. The standard InChI is InChI=1S/C12H23NO2/c1-4-12(2,3)15-11(14)13-10-8-6-5-7-9-10/h10H,4-9H2,1-3H3,(H,13,14). The summed E-state index contributed by atoms with van der Waals surface area (Å²) in [4.78, 5) is 11.6. The smallest absolute Gasteiger partial charge is 0.407 e. The van der Waals surface area contributed by atoms with E-state index in [0.717, 1.165) is 19.3 Å². The number of carbonyl (C=O) groups excluding carboxylic acids is 1. The van der Waals surface area contributed by atoms with Gasteiger partial charge in [-0.25, -0.2) is 4.79 Å². The van der Waals surface area contributed by atoms with Crippen molar-refractivity contribution in [1.82, 2.24) is 5.32 Å². The van der Waals surface area contributed by atoms with Gasteiger partial charge in [0.15, 0.2) is 0 Å². The Morgan fingerprint density at radius 1 is 1.33 bits per heavy atom. The molecule has 88 valence electrons. The molecule has 0 bridgehead atoms. The lowest BCUT2D eigenvalue weighted by Gasteiger charge is -2.27. The van der Waals surface area contributed by atoms with Crippen molar-refractivity contribution in [2.75, 3.05) is 0 Å². The third kappa shape index (κ3) is 4.54. The van der Waals surface area contributed by atoms with Gasteiger partial charge in [-0.05, 0) is 33.1 Å². The molecule has 0 aromatic carbocycles. The van der Waals surface area contributed by atoms with Crippen LogP contribution in [-0.2, 0) is 4.74 Å². The molecule has 1 aliphatic carbocycles. The van der Waals surface area contributed by atoms with Crippen molar-refractivity contribution in [3.05, 3.63) is 0 Å². The maximum atomic E-state index is 11.6. The zero-order valence-corrected chi connectivity index (χ0v) is 10.1. The highest BCUT2D eigenvalue weighted by Gasteiger charge is 2.22. The Kier molecular flexibility index (Phi) is 4.43. The van der Waals surface area contributed by atoms with Crippen molar-refractivity contribution in [3.8, 4) is 0 Å². The van der Waals surface area contributed by atoms with Crippen LogP contribution in [0.3, 0.4) is 0 Å². The third-order valence-corrected chi connectivity index (χ3v) is 3.15. The van der Waals surface area contributed by atoms with Gasteiger partial charge in [0.2, 0.25) is 0 Å². The summed E-state index contributed by atoms with van der Waals surface area (Å²) in [6.07, 6.45) is 6.53. The van der Waals surface area contributed by atoms with Crippen molar-refractivity contribution in [2.24, 2.45) is 0 Å². The second-order valence-corrected chi connectivity index (χ2v) is 4.98. The van der Waals surface area contributed by atoms with E-state index in [4.69, 9.17) is 4.74 Å². The largest absolute Gasteiger partial charge is 0.444 e. The summed E-state index contributed by atoms with van der Waals surface area (Å²) in [5.41, 5.74) is -0.348. The first-order valence-corrected chi connectivity index (χ1v) is 6.03. The van der Waals surface area contributed by atoms with Gasteiger partial charge < -0.3 is 10.1 Å². The number of nitrogens with one attached hydrogen (secondary N) is 1. The fourth-order valence-corrected chi connectivity index (χ4v) is 1.77. The summed E-state index contributed by atoms with van der Waals surface area (Å²) in [6.45, 7) is 5.90. The Morgan fingerprint density at radius 3 is 2.47 bits per heavy atom. The molecule has 1 rings (SSSR count). The van der Waals surface area contributed by atoms with Crippen LogP contribution in [0, 0.1) is 0 Å². The molecule has 0 saturated heterocycles. The van der Waals surface area contributed by atoms with E-state index in [1.54, 1.807) is 0 Å². The molecule has 1 amide bonds. The van der Waals surface area contributed by atoms with Gasteiger partial charge >= 0.3 is 6.09 Å². The van der Waals surface area contributed by atoms with E-state index < -0.39 is 0 Å². The molecule has 0 unspecified atom stereocenters.